The second-order valence-electron chi connectivity index (χ2n) is 10.7. The number of hydrogen-bond acceptors (Lipinski definition) is 6. The number of carbonyl (C=O) groups is 1. The Morgan fingerprint density at radius 3 is 2.28 bits per heavy atom. The fourth-order valence-corrected chi connectivity index (χ4v) is 6.11. The summed E-state index contributed by atoms with van der Waals surface area (Å²) in [6.07, 6.45) is 2.98. The smallest absolute Gasteiger partial charge is 0.415 e. The van der Waals surface area contributed by atoms with Gasteiger partial charge in [0.05, 0.1) is 11.4 Å². The predicted molar refractivity (Wildman–Crippen MR) is 143 cm³/mol. The number of benzene rings is 3. The van der Waals surface area contributed by atoms with Gasteiger partial charge >= 0.3 is 6.09 Å². The van der Waals surface area contributed by atoms with Crippen LogP contribution >= 0.6 is 0 Å². The number of phenolic OH excluding ortho intramolecular Hbond substituents is 1. The van der Waals surface area contributed by atoms with E-state index in [1.807, 2.05) is 0 Å². The zero-order chi connectivity index (χ0) is 27.4. The molecule has 3 aliphatic rings. The zero-order valence-corrected chi connectivity index (χ0v) is 22.0. The van der Waals surface area contributed by atoms with Crippen LogP contribution in [0, 0.1) is 5.82 Å². The van der Waals surface area contributed by atoms with Crippen molar-refractivity contribution in [2.45, 2.75) is 48.6 Å². The van der Waals surface area contributed by atoms with Gasteiger partial charge in [-0.2, -0.15) is 8.42 Å². The predicted octanol–water partition coefficient (Wildman–Crippen LogP) is 5.31. The van der Waals surface area contributed by atoms with Crippen LogP contribution < -0.4 is 4.90 Å². The first-order valence-corrected chi connectivity index (χ1v) is 14.5. The van der Waals surface area contributed by atoms with Gasteiger partial charge in [0.15, 0.2) is 0 Å². The average molecular weight is 553 g/mol. The number of anilines is 1. The van der Waals surface area contributed by atoms with Crippen molar-refractivity contribution in [2.24, 2.45) is 0 Å². The molecule has 0 unspecified atom stereocenters. The third-order valence-electron chi connectivity index (χ3n) is 8.00. The van der Waals surface area contributed by atoms with Crippen LogP contribution in [0.15, 0.2) is 65.6 Å². The summed E-state index contributed by atoms with van der Waals surface area (Å²) in [6, 6.07) is 15.7. The topological polar surface area (TPSA) is 107 Å². The Hall–Kier alpha value is -3.47. The molecule has 1 aliphatic carbocycles. The van der Waals surface area contributed by atoms with E-state index < -0.39 is 21.8 Å². The minimum atomic E-state index is -4.31. The van der Waals surface area contributed by atoms with Gasteiger partial charge in [-0.3, -0.25) is 14.4 Å². The Bertz CT molecular complexity index is 1510. The second-order valence-corrected chi connectivity index (χ2v) is 12.2. The van der Waals surface area contributed by atoms with Gasteiger partial charge in [-0.25, -0.2) is 9.18 Å². The van der Waals surface area contributed by atoms with Crippen LogP contribution in [-0.4, -0.2) is 54.3 Å². The highest BCUT2D eigenvalue weighted by molar-refractivity contribution is 7.85. The molecule has 3 aromatic rings. The summed E-state index contributed by atoms with van der Waals surface area (Å²) in [5.41, 5.74) is 3.74. The van der Waals surface area contributed by atoms with Crippen LogP contribution in [0.3, 0.4) is 0 Å². The largest absolute Gasteiger partial charge is 0.508 e. The highest BCUT2D eigenvalue weighted by atomic mass is 32.2. The fraction of sp³-hybridized carbons (Fsp3) is 0.345. The lowest BCUT2D eigenvalue weighted by Crippen LogP contribution is -2.46. The number of piperidine rings is 1. The summed E-state index contributed by atoms with van der Waals surface area (Å²) in [7, 11) is -4.31. The van der Waals surface area contributed by atoms with Crippen molar-refractivity contribution < 1.29 is 32.0 Å². The monoisotopic (exact) mass is 552 g/mol. The van der Waals surface area contributed by atoms with E-state index in [0.29, 0.717) is 50.6 Å². The van der Waals surface area contributed by atoms with Crippen molar-refractivity contribution >= 4 is 21.9 Å². The van der Waals surface area contributed by atoms with Gasteiger partial charge in [0.25, 0.3) is 10.1 Å². The standard InChI is InChI=1S/C29H29FN2O6S/c30-22-5-3-20(4-6-22)26-16-27(33)21(15-25(26)19-1-2-19)17-31-13-11-29(12-14-31)18-32(28(34)38-29)23-7-9-24(10-8-23)39(35,36)37/h3-10,15-16,19,33H,1-2,11-14,17-18H2,(H,35,36,37). The molecule has 1 amide bonds. The lowest BCUT2D eigenvalue weighted by Gasteiger charge is -2.37. The molecule has 2 saturated heterocycles. The normalized spacial score (nSPS) is 19.4. The number of carbonyl (C=O) groups excluding carboxylic acids is 1. The maximum absolute atomic E-state index is 13.5. The van der Waals surface area contributed by atoms with Gasteiger partial charge in [0.1, 0.15) is 17.2 Å². The molecule has 0 atom stereocenters. The summed E-state index contributed by atoms with van der Waals surface area (Å²) in [6.45, 7) is 2.29. The number of ether oxygens (including phenoxy) is 1. The van der Waals surface area contributed by atoms with E-state index in [0.717, 1.165) is 29.5 Å². The van der Waals surface area contributed by atoms with Crippen molar-refractivity contribution in [3.05, 3.63) is 77.6 Å². The first kappa shape index (κ1) is 25.8. The number of likely N-dealkylation sites (tertiary alicyclic amines) is 1. The molecule has 2 N–H and O–H groups in total. The fourth-order valence-electron chi connectivity index (χ4n) is 5.63. The molecular formula is C29H29FN2O6S. The molecule has 10 heteroatoms. The van der Waals surface area contributed by atoms with Crippen LogP contribution in [-0.2, 0) is 21.4 Å². The Kier molecular flexibility index (Phi) is 6.36. The molecule has 1 saturated carbocycles. The minimum Gasteiger partial charge on any atom is -0.508 e. The number of rotatable bonds is 6. The van der Waals surface area contributed by atoms with Crippen molar-refractivity contribution in [1.82, 2.24) is 4.90 Å². The number of nitrogens with zero attached hydrogens (tertiary/aromatic N) is 2. The van der Waals surface area contributed by atoms with Gasteiger partial charge < -0.3 is 9.84 Å². The molecular weight excluding hydrogens is 523 g/mol. The van der Waals surface area contributed by atoms with E-state index >= 15 is 0 Å². The highest BCUT2D eigenvalue weighted by Gasteiger charge is 2.47. The molecule has 3 fully saturated rings. The van der Waals surface area contributed by atoms with Gasteiger partial charge in [-0.15, -0.1) is 0 Å². The zero-order valence-electron chi connectivity index (χ0n) is 21.2. The minimum absolute atomic E-state index is 0.214. The third kappa shape index (κ3) is 5.24. The Morgan fingerprint density at radius 1 is 1.00 bits per heavy atom. The van der Waals surface area contributed by atoms with E-state index in [1.54, 1.807) is 18.2 Å². The summed E-state index contributed by atoms with van der Waals surface area (Å²) in [5, 5.41) is 10.9. The highest BCUT2D eigenvalue weighted by Crippen LogP contribution is 2.46. The van der Waals surface area contributed by atoms with Gasteiger partial charge in [-0.1, -0.05) is 12.1 Å². The van der Waals surface area contributed by atoms with E-state index in [-0.39, 0.29) is 16.5 Å². The second kappa shape index (κ2) is 9.62. The van der Waals surface area contributed by atoms with Crippen molar-refractivity contribution in [2.75, 3.05) is 24.5 Å². The summed E-state index contributed by atoms with van der Waals surface area (Å²) >= 11 is 0. The van der Waals surface area contributed by atoms with E-state index in [2.05, 4.69) is 11.0 Å². The van der Waals surface area contributed by atoms with Gasteiger partial charge in [0.2, 0.25) is 0 Å². The van der Waals surface area contributed by atoms with Gasteiger partial charge in [-0.05, 0) is 84.0 Å². The van der Waals surface area contributed by atoms with E-state index in [1.165, 1.54) is 46.9 Å². The van der Waals surface area contributed by atoms with Gasteiger partial charge in [0, 0.05) is 43.7 Å². The van der Waals surface area contributed by atoms with Crippen molar-refractivity contribution in [3.63, 3.8) is 0 Å². The number of amides is 1. The lowest BCUT2D eigenvalue weighted by atomic mass is 9.90. The molecule has 8 nitrogen and oxygen atoms in total. The Morgan fingerprint density at radius 2 is 1.67 bits per heavy atom. The maximum Gasteiger partial charge on any atom is 0.415 e. The number of aromatic hydroxyl groups is 1. The lowest BCUT2D eigenvalue weighted by molar-refractivity contribution is -0.00108. The molecule has 39 heavy (non-hydrogen) atoms. The summed E-state index contributed by atoms with van der Waals surface area (Å²) < 4.78 is 51.1. The molecule has 3 aromatic carbocycles. The molecule has 2 heterocycles. The average Bonchev–Trinajstić information content (AvgIpc) is 3.70. The van der Waals surface area contributed by atoms with Crippen molar-refractivity contribution in [3.8, 4) is 16.9 Å². The summed E-state index contributed by atoms with van der Waals surface area (Å²) in [5.74, 6) is 0.372. The maximum atomic E-state index is 13.5. The molecule has 0 bridgehead atoms. The summed E-state index contributed by atoms with van der Waals surface area (Å²) in [4.78, 5) is 16.2. The van der Waals surface area contributed by atoms with Crippen LogP contribution in [0.25, 0.3) is 11.1 Å². The molecule has 1 spiro atoms. The molecule has 204 valence electrons. The van der Waals surface area contributed by atoms with Crippen LogP contribution in [0.4, 0.5) is 14.9 Å². The van der Waals surface area contributed by atoms with Crippen molar-refractivity contribution in [1.29, 1.82) is 0 Å². The Balaban J connectivity index is 1.14. The van der Waals surface area contributed by atoms with E-state index in [4.69, 9.17) is 4.74 Å². The first-order chi connectivity index (χ1) is 18.6. The van der Waals surface area contributed by atoms with Crippen LogP contribution in [0.2, 0.25) is 0 Å². The SMILES string of the molecule is O=C1OC2(CCN(Cc3cc(C4CC4)c(-c4ccc(F)cc4)cc3O)CC2)CN1c1ccc(S(=O)(=O)O)cc1. The quantitative estimate of drug-likeness (QED) is 0.399. The molecule has 0 radical (unpaired) electrons. The number of halogens is 1. The third-order valence-corrected chi connectivity index (χ3v) is 8.87. The number of hydrogen-bond donors (Lipinski definition) is 2. The molecule has 0 aromatic heterocycles. The number of phenols is 1. The molecule has 2 aliphatic heterocycles. The van der Waals surface area contributed by atoms with Crippen LogP contribution in [0.5, 0.6) is 5.75 Å². The molecule has 6 rings (SSSR count). The van der Waals surface area contributed by atoms with Crippen LogP contribution in [0.1, 0.15) is 42.7 Å². The van der Waals surface area contributed by atoms with E-state index in [9.17, 15) is 27.3 Å². The Labute approximate surface area is 226 Å². The first-order valence-electron chi connectivity index (χ1n) is 13.0.